The van der Waals surface area contributed by atoms with Crippen LogP contribution in [0.2, 0.25) is 0 Å². The number of benzene rings is 1. The van der Waals surface area contributed by atoms with E-state index in [1.807, 2.05) is 6.07 Å². The molecule has 0 spiro atoms. The van der Waals surface area contributed by atoms with Crippen molar-refractivity contribution < 1.29 is 9.13 Å². The van der Waals surface area contributed by atoms with E-state index in [0.29, 0.717) is 6.04 Å². The van der Waals surface area contributed by atoms with E-state index in [0.717, 1.165) is 38.0 Å². The molecular formula is C14H18FNO. The Bertz CT molecular complexity index is 401. The topological polar surface area (TPSA) is 21.3 Å². The molecule has 2 atom stereocenters. The summed E-state index contributed by atoms with van der Waals surface area (Å²) in [7, 11) is 0. The molecule has 17 heavy (non-hydrogen) atoms. The summed E-state index contributed by atoms with van der Waals surface area (Å²) in [6.07, 6.45) is 4.38. The quantitative estimate of drug-likeness (QED) is 0.807. The molecule has 2 nitrogen and oxygen atoms in total. The lowest BCUT2D eigenvalue weighted by Crippen LogP contribution is -2.30. The highest BCUT2D eigenvalue weighted by Gasteiger charge is 2.29. The number of halogens is 1. The maximum Gasteiger partial charge on any atom is 0.123 e. The van der Waals surface area contributed by atoms with Crippen molar-refractivity contribution in [2.45, 2.75) is 37.8 Å². The zero-order valence-corrected chi connectivity index (χ0v) is 9.92. The number of hydrogen-bond donors (Lipinski definition) is 1. The molecule has 0 amide bonds. The van der Waals surface area contributed by atoms with E-state index < -0.39 is 0 Å². The minimum absolute atomic E-state index is 0.107. The number of nitrogens with one attached hydrogen (secondary N) is 1. The van der Waals surface area contributed by atoms with Crippen LogP contribution < -0.4 is 5.32 Å². The van der Waals surface area contributed by atoms with Gasteiger partial charge >= 0.3 is 0 Å². The van der Waals surface area contributed by atoms with Crippen LogP contribution in [-0.4, -0.2) is 19.2 Å². The molecule has 0 aromatic heterocycles. The van der Waals surface area contributed by atoms with Gasteiger partial charge in [0.2, 0.25) is 0 Å². The van der Waals surface area contributed by atoms with Crippen molar-refractivity contribution in [3.05, 3.63) is 35.1 Å². The molecule has 1 saturated heterocycles. The second-order valence-corrected chi connectivity index (χ2v) is 4.94. The van der Waals surface area contributed by atoms with Crippen LogP contribution in [0.5, 0.6) is 0 Å². The summed E-state index contributed by atoms with van der Waals surface area (Å²) < 4.78 is 19.2. The van der Waals surface area contributed by atoms with Crippen molar-refractivity contribution in [2.75, 3.05) is 13.2 Å². The second kappa shape index (κ2) is 4.75. The molecule has 0 saturated carbocycles. The van der Waals surface area contributed by atoms with Gasteiger partial charge in [0.15, 0.2) is 0 Å². The number of fused-ring (bicyclic) bond motifs is 1. The molecule has 1 aromatic rings. The summed E-state index contributed by atoms with van der Waals surface area (Å²) in [5.74, 6) is -0.135. The first-order valence-corrected chi connectivity index (χ1v) is 6.48. The van der Waals surface area contributed by atoms with E-state index in [9.17, 15) is 4.39 Å². The van der Waals surface area contributed by atoms with Crippen molar-refractivity contribution in [1.82, 2.24) is 5.32 Å². The lowest BCUT2D eigenvalue weighted by Gasteiger charge is -2.24. The van der Waals surface area contributed by atoms with E-state index in [-0.39, 0.29) is 11.9 Å². The predicted octanol–water partition coefficient (Wildman–Crippen LogP) is 2.58. The van der Waals surface area contributed by atoms with E-state index >= 15 is 0 Å². The maximum atomic E-state index is 13.3. The minimum atomic E-state index is -0.135. The fraction of sp³-hybridized carbons (Fsp3) is 0.571. The summed E-state index contributed by atoms with van der Waals surface area (Å²) in [4.78, 5) is 0. The Morgan fingerprint density at radius 3 is 3.06 bits per heavy atom. The zero-order chi connectivity index (χ0) is 11.7. The van der Waals surface area contributed by atoms with Crippen LogP contribution in [-0.2, 0) is 11.2 Å². The van der Waals surface area contributed by atoms with E-state index in [1.165, 1.54) is 12.0 Å². The van der Waals surface area contributed by atoms with Crippen LogP contribution in [0.15, 0.2) is 18.2 Å². The van der Waals surface area contributed by atoms with Crippen molar-refractivity contribution >= 4 is 0 Å². The average molecular weight is 235 g/mol. The fourth-order valence-electron chi connectivity index (χ4n) is 2.93. The smallest absolute Gasteiger partial charge is 0.123 e. The summed E-state index contributed by atoms with van der Waals surface area (Å²) >= 11 is 0. The Balaban J connectivity index is 1.94. The van der Waals surface area contributed by atoms with Gasteiger partial charge in [-0.05, 0) is 55.5 Å². The average Bonchev–Trinajstić information content (AvgIpc) is 2.77. The largest absolute Gasteiger partial charge is 0.372 e. The van der Waals surface area contributed by atoms with Crippen LogP contribution >= 0.6 is 0 Å². The highest BCUT2D eigenvalue weighted by Crippen LogP contribution is 2.32. The molecule has 1 fully saturated rings. The minimum Gasteiger partial charge on any atom is -0.372 e. The molecule has 0 aliphatic carbocycles. The van der Waals surface area contributed by atoms with Gasteiger partial charge in [-0.1, -0.05) is 6.07 Å². The first kappa shape index (κ1) is 11.2. The van der Waals surface area contributed by atoms with Gasteiger partial charge in [0.25, 0.3) is 0 Å². The molecule has 0 bridgehead atoms. The third kappa shape index (κ3) is 2.22. The Labute approximate surface area is 101 Å². The Morgan fingerprint density at radius 1 is 1.29 bits per heavy atom. The van der Waals surface area contributed by atoms with Gasteiger partial charge in [0.05, 0.1) is 6.10 Å². The van der Waals surface area contributed by atoms with Crippen molar-refractivity contribution in [3.63, 3.8) is 0 Å². The molecule has 2 aliphatic rings. The normalized spacial score (nSPS) is 28.8. The Morgan fingerprint density at radius 2 is 2.24 bits per heavy atom. The highest BCUT2D eigenvalue weighted by atomic mass is 19.1. The zero-order valence-electron chi connectivity index (χ0n) is 9.92. The lowest BCUT2D eigenvalue weighted by atomic mass is 9.95. The number of rotatable bonds is 1. The maximum absolute atomic E-state index is 13.3. The van der Waals surface area contributed by atoms with Crippen molar-refractivity contribution in [1.29, 1.82) is 0 Å². The predicted molar refractivity (Wildman–Crippen MR) is 64.4 cm³/mol. The Hall–Kier alpha value is -0.930. The summed E-state index contributed by atoms with van der Waals surface area (Å²) in [6, 6.07) is 5.53. The van der Waals surface area contributed by atoms with Crippen molar-refractivity contribution in [2.24, 2.45) is 0 Å². The lowest BCUT2D eigenvalue weighted by molar-refractivity contribution is 0.0333. The second-order valence-electron chi connectivity index (χ2n) is 4.94. The monoisotopic (exact) mass is 235 g/mol. The van der Waals surface area contributed by atoms with Gasteiger partial charge in [0, 0.05) is 12.6 Å². The molecule has 0 radical (unpaired) electrons. The van der Waals surface area contributed by atoms with Crippen LogP contribution in [0, 0.1) is 5.82 Å². The highest BCUT2D eigenvalue weighted by molar-refractivity contribution is 5.32. The van der Waals surface area contributed by atoms with Gasteiger partial charge in [-0.2, -0.15) is 0 Å². The molecule has 3 rings (SSSR count). The van der Waals surface area contributed by atoms with Gasteiger partial charge < -0.3 is 10.1 Å². The standard InChI is InChI=1S/C14H18FNO/c15-11-5-6-12-10(9-11)3-2-8-17-14(12)13-4-1-7-16-13/h5-6,9,13-14,16H,1-4,7-8H2/t13-,14-/m0/s1. The van der Waals surface area contributed by atoms with E-state index in [2.05, 4.69) is 5.32 Å². The molecule has 1 N–H and O–H groups in total. The van der Waals surface area contributed by atoms with Gasteiger partial charge in [0.1, 0.15) is 5.82 Å². The number of hydrogen-bond acceptors (Lipinski definition) is 2. The van der Waals surface area contributed by atoms with E-state index in [1.54, 1.807) is 12.1 Å². The summed E-state index contributed by atoms with van der Waals surface area (Å²) in [5.41, 5.74) is 2.31. The first-order valence-electron chi connectivity index (χ1n) is 6.48. The van der Waals surface area contributed by atoms with E-state index in [4.69, 9.17) is 4.74 Å². The van der Waals surface area contributed by atoms with Gasteiger partial charge in [-0.3, -0.25) is 0 Å². The summed E-state index contributed by atoms with van der Waals surface area (Å²) in [5, 5.41) is 3.49. The van der Waals surface area contributed by atoms with Crippen LogP contribution in [0.25, 0.3) is 0 Å². The Kier molecular flexibility index (Phi) is 3.12. The SMILES string of the molecule is Fc1ccc2c(c1)CCCO[C@@H]2[C@@H]1CCCN1. The third-order valence-electron chi connectivity index (χ3n) is 3.76. The van der Waals surface area contributed by atoms with Gasteiger partial charge in [-0.25, -0.2) is 4.39 Å². The number of ether oxygens (including phenoxy) is 1. The summed E-state index contributed by atoms with van der Waals surface area (Å²) in [6.45, 7) is 1.85. The molecule has 3 heteroatoms. The molecule has 2 aliphatic heterocycles. The van der Waals surface area contributed by atoms with Crippen LogP contribution in [0.3, 0.4) is 0 Å². The molecule has 0 unspecified atom stereocenters. The van der Waals surface area contributed by atoms with Crippen molar-refractivity contribution in [3.8, 4) is 0 Å². The first-order chi connectivity index (χ1) is 8.34. The molecule has 92 valence electrons. The number of aryl methyl sites for hydroxylation is 1. The third-order valence-corrected chi connectivity index (χ3v) is 3.76. The van der Waals surface area contributed by atoms with Crippen LogP contribution in [0.4, 0.5) is 4.39 Å². The molecule has 2 heterocycles. The fourth-order valence-corrected chi connectivity index (χ4v) is 2.93. The molecule has 1 aromatic carbocycles. The van der Waals surface area contributed by atoms with Gasteiger partial charge in [-0.15, -0.1) is 0 Å². The van der Waals surface area contributed by atoms with Crippen LogP contribution in [0.1, 0.15) is 36.5 Å². The molecular weight excluding hydrogens is 217 g/mol.